The third kappa shape index (κ3) is 3.28. The van der Waals surface area contributed by atoms with E-state index in [0.29, 0.717) is 25.8 Å². The SMILES string of the molecule is CCOCC(O)CNC1CCc2ccccc21. The molecule has 2 rings (SSSR count). The number of benzene rings is 1. The second-order valence-corrected chi connectivity index (χ2v) is 4.51. The highest BCUT2D eigenvalue weighted by Gasteiger charge is 2.21. The maximum atomic E-state index is 9.70. The maximum absolute atomic E-state index is 9.70. The van der Waals surface area contributed by atoms with E-state index in [-0.39, 0.29) is 0 Å². The zero-order valence-electron chi connectivity index (χ0n) is 10.4. The second kappa shape index (κ2) is 6.15. The average molecular weight is 235 g/mol. The van der Waals surface area contributed by atoms with E-state index in [0.717, 1.165) is 12.8 Å². The van der Waals surface area contributed by atoms with Crippen LogP contribution in [0, 0.1) is 0 Å². The largest absolute Gasteiger partial charge is 0.389 e. The van der Waals surface area contributed by atoms with Crippen LogP contribution in [0.4, 0.5) is 0 Å². The molecule has 0 spiro atoms. The van der Waals surface area contributed by atoms with Gasteiger partial charge in [-0.2, -0.15) is 0 Å². The van der Waals surface area contributed by atoms with Gasteiger partial charge in [-0.25, -0.2) is 0 Å². The fraction of sp³-hybridized carbons (Fsp3) is 0.571. The van der Waals surface area contributed by atoms with Crippen molar-refractivity contribution in [1.29, 1.82) is 0 Å². The highest BCUT2D eigenvalue weighted by Crippen LogP contribution is 2.30. The van der Waals surface area contributed by atoms with Crippen molar-refractivity contribution in [2.45, 2.75) is 31.9 Å². The van der Waals surface area contributed by atoms with Crippen LogP contribution in [0.3, 0.4) is 0 Å². The summed E-state index contributed by atoms with van der Waals surface area (Å²) in [4.78, 5) is 0. The highest BCUT2D eigenvalue weighted by atomic mass is 16.5. The molecule has 0 saturated carbocycles. The molecule has 0 heterocycles. The summed E-state index contributed by atoms with van der Waals surface area (Å²) in [6, 6.07) is 8.92. The van der Waals surface area contributed by atoms with Crippen LogP contribution in [0.1, 0.15) is 30.5 Å². The Bertz CT molecular complexity index is 354. The van der Waals surface area contributed by atoms with Crippen molar-refractivity contribution >= 4 is 0 Å². The van der Waals surface area contributed by atoms with Crippen molar-refractivity contribution < 1.29 is 9.84 Å². The van der Waals surface area contributed by atoms with E-state index in [1.807, 2.05) is 6.92 Å². The van der Waals surface area contributed by atoms with Crippen molar-refractivity contribution in [3.63, 3.8) is 0 Å². The van der Waals surface area contributed by atoms with E-state index in [9.17, 15) is 5.11 Å². The summed E-state index contributed by atoms with van der Waals surface area (Å²) in [5.74, 6) is 0. The van der Waals surface area contributed by atoms with Crippen LogP contribution in [0.2, 0.25) is 0 Å². The Morgan fingerprint density at radius 1 is 1.47 bits per heavy atom. The molecule has 3 nitrogen and oxygen atoms in total. The Labute approximate surface area is 103 Å². The summed E-state index contributed by atoms with van der Waals surface area (Å²) >= 11 is 0. The summed E-state index contributed by atoms with van der Waals surface area (Å²) in [7, 11) is 0. The molecule has 17 heavy (non-hydrogen) atoms. The second-order valence-electron chi connectivity index (χ2n) is 4.51. The zero-order valence-corrected chi connectivity index (χ0v) is 10.4. The molecule has 2 unspecified atom stereocenters. The van der Waals surface area contributed by atoms with E-state index in [4.69, 9.17) is 4.74 Å². The molecule has 0 saturated heterocycles. The number of rotatable bonds is 6. The molecule has 2 atom stereocenters. The minimum Gasteiger partial charge on any atom is -0.389 e. The molecular weight excluding hydrogens is 214 g/mol. The van der Waals surface area contributed by atoms with Crippen LogP contribution in [-0.2, 0) is 11.2 Å². The van der Waals surface area contributed by atoms with Gasteiger partial charge in [0.2, 0.25) is 0 Å². The topological polar surface area (TPSA) is 41.5 Å². The lowest BCUT2D eigenvalue weighted by molar-refractivity contribution is 0.0414. The van der Waals surface area contributed by atoms with Crippen LogP contribution >= 0.6 is 0 Å². The van der Waals surface area contributed by atoms with Crippen molar-refractivity contribution in [2.75, 3.05) is 19.8 Å². The molecular formula is C14H21NO2. The molecule has 0 fully saturated rings. The Kier molecular flexibility index (Phi) is 4.54. The van der Waals surface area contributed by atoms with Crippen LogP contribution in [0.15, 0.2) is 24.3 Å². The number of hydrogen-bond acceptors (Lipinski definition) is 3. The van der Waals surface area contributed by atoms with Crippen molar-refractivity contribution in [3.8, 4) is 0 Å². The van der Waals surface area contributed by atoms with Gasteiger partial charge in [0.15, 0.2) is 0 Å². The Balaban J connectivity index is 1.81. The van der Waals surface area contributed by atoms with Gasteiger partial charge in [0.05, 0.1) is 12.7 Å². The predicted molar refractivity (Wildman–Crippen MR) is 68.0 cm³/mol. The first-order chi connectivity index (χ1) is 8.31. The average Bonchev–Trinajstić information content (AvgIpc) is 2.77. The van der Waals surface area contributed by atoms with Crippen molar-refractivity contribution in [2.24, 2.45) is 0 Å². The van der Waals surface area contributed by atoms with E-state index >= 15 is 0 Å². The summed E-state index contributed by atoms with van der Waals surface area (Å²) in [5.41, 5.74) is 2.82. The number of nitrogens with one attached hydrogen (secondary N) is 1. The van der Waals surface area contributed by atoms with Crippen LogP contribution < -0.4 is 5.32 Å². The number of aryl methyl sites for hydroxylation is 1. The molecule has 1 aliphatic rings. The van der Waals surface area contributed by atoms with Gasteiger partial charge in [-0.05, 0) is 30.9 Å². The van der Waals surface area contributed by atoms with Gasteiger partial charge < -0.3 is 15.2 Å². The van der Waals surface area contributed by atoms with Gasteiger partial charge in [0.25, 0.3) is 0 Å². The minimum absolute atomic E-state index is 0.391. The van der Waals surface area contributed by atoms with Gasteiger partial charge in [-0.15, -0.1) is 0 Å². The van der Waals surface area contributed by atoms with E-state index in [1.165, 1.54) is 11.1 Å². The zero-order chi connectivity index (χ0) is 12.1. The quantitative estimate of drug-likeness (QED) is 0.788. The Morgan fingerprint density at radius 2 is 2.29 bits per heavy atom. The van der Waals surface area contributed by atoms with Crippen LogP contribution in [0.25, 0.3) is 0 Å². The molecule has 0 aromatic heterocycles. The first-order valence-corrected chi connectivity index (χ1v) is 6.38. The van der Waals surface area contributed by atoms with Crippen LogP contribution in [-0.4, -0.2) is 31.0 Å². The Hall–Kier alpha value is -0.900. The first kappa shape index (κ1) is 12.6. The van der Waals surface area contributed by atoms with Gasteiger partial charge in [0.1, 0.15) is 0 Å². The van der Waals surface area contributed by atoms with Crippen molar-refractivity contribution in [3.05, 3.63) is 35.4 Å². The number of aliphatic hydroxyl groups is 1. The number of aliphatic hydroxyl groups excluding tert-OH is 1. The number of ether oxygens (including phenoxy) is 1. The number of fused-ring (bicyclic) bond motifs is 1. The fourth-order valence-electron chi connectivity index (χ4n) is 2.36. The molecule has 0 amide bonds. The monoisotopic (exact) mass is 235 g/mol. The molecule has 0 bridgehead atoms. The molecule has 1 aliphatic carbocycles. The smallest absolute Gasteiger partial charge is 0.0897 e. The third-order valence-electron chi connectivity index (χ3n) is 3.25. The summed E-state index contributed by atoms with van der Waals surface area (Å²) < 4.78 is 5.19. The lowest BCUT2D eigenvalue weighted by atomic mass is 10.1. The first-order valence-electron chi connectivity index (χ1n) is 6.38. The minimum atomic E-state index is -0.414. The standard InChI is InChI=1S/C14H21NO2/c1-2-17-10-12(16)9-15-14-8-7-11-5-3-4-6-13(11)14/h3-6,12,14-16H,2,7-10H2,1H3. The van der Waals surface area contributed by atoms with Gasteiger partial charge >= 0.3 is 0 Å². The van der Waals surface area contributed by atoms with Gasteiger partial charge in [0, 0.05) is 19.2 Å². The summed E-state index contributed by atoms with van der Waals surface area (Å²) in [6.45, 7) is 3.60. The Morgan fingerprint density at radius 3 is 3.12 bits per heavy atom. The number of hydrogen-bond donors (Lipinski definition) is 2. The van der Waals surface area contributed by atoms with E-state index in [2.05, 4.69) is 29.6 Å². The van der Waals surface area contributed by atoms with Crippen molar-refractivity contribution in [1.82, 2.24) is 5.32 Å². The lowest BCUT2D eigenvalue weighted by Crippen LogP contribution is -2.32. The molecule has 1 aromatic carbocycles. The summed E-state index contributed by atoms with van der Waals surface area (Å²) in [6.07, 6.45) is 1.85. The highest BCUT2D eigenvalue weighted by molar-refractivity contribution is 5.34. The third-order valence-corrected chi connectivity index (χ3v) is 3.25. The van der Waals surface area contributed by atoms with Crippen LogP contribution in [0.5, 0.6) is 0 Å². The van der Waals surface area contributed by atoms with Gasteiger partial charge in [-0.1, -0.05) is 24.3 Å². The predicted octanol–water partition coefficient (Wildman–Crippen LogP) is 1.66. The molecule has 1 aromatic rings. The molecule has 0 aliphatic heterocycles. The molecule has 3 heteroatoms. The normalized spacial score (nSPS) is 20.2. The lowest BCUT2D eigenvalue weighted by Gasteiger charge is -2.17. The molecule has 94 valence electrons. The molecule has 0 radical (unpaired) electrons. The summed E-state index contributed by atoms with van der Waals surface area (Å²) in [5, 5.41) is 13.1. The fourth-order valence-corrected chi connectivity index (χ4v) is 2.36. The molecule has 2 N–H and O–H groups in total. The van der Waals surface area contributed by atoms with Gasteiger partial charge in [-0.3, -0.25) is 0 Å². The maximum Gasteiger partial charge on any atom is 0.0897 e. The van der Waals surface area contributed by atoms with E-state index in [1.54, 1.807) is 0 Å². The van der Waals surface area contributed by atoms with E-state index < -0.39 is 6.10 Å².